The number of ether oxygens (including phenoxy) is 1. The maximum Gasteiger partial charge on any atom is 0.244 e. The van der Waals surface area contributed by atoms with E-state index in [0.717, 1.165) is 27.9 Å². The summed E-state index contributed by atoms with van der Waals surface area (Å²) in [6.45, 7) is 1.81. The van der Waals surface area contributed by atoms with Crippen LogP contribution in [0.15, 0.2) is 48.1 Å². The van der Waals surface area contributed by atoms with Gasteiger partial charge < -0.3 is 20.1 Å². The van der Waals surface area contributed by atoms with Crippen LogP contribution in [0.3, 0.4) is 0 Å². The molecule has 7 heteroatoms. The highest BCUT2D eigenvalue weighted by Crippen LogP contribution is 2.46. The summed E-state index contributed by atoms with van der Waals surface area (Å²) in [5, 5.41) is 26.8. The van der Waals surface area contributed by atoms with Gasteiger partial charge in [0.1, 0.15) is 17.4 Å². The molecule has 0 saturated carbocycles. The second kappa shape index (κ2) is 5.70. The molecular weight excluding hydrogens is 330 g/mol. The van der Waals surface area contributed by atoms with Crippen LogP contribution < -0.4 is 10.5 Å². The van der Waals surface area contributed by atoms with Crippen molar-refractivity contribution >= 4 is 0 Å². The third kappa shape index (κ3) is 2.31. The highest BCUT2D eigenvalue weighted by molar-refractivity contribution is 5.70. The lowest BCUT2D eigenvalue weighted by atomic mass is 9.82. The number of H-pyrrole nitrogens is 1. The molecule has 0 amide bonds. The fourth-order valence-corrected chi connectivity index (χ4v) is 3.31. The lowest BCUT2D eigenvalue weighted by Crippen LogP contribution is -2.21. The Bertz CT molecular complexity index is 1080. The minimum Gasteiger partial charge on any atom is -0.508 e. The number of nitrogens with one attached hydrogen (secondary N) is 1. The quantitative estimate of drug-likeness (QED) is 0.659. The van der Waals surface area contributed by atoms with E-state index in [9.17, 15) is 10.4 Å². The number of aryl methyl sites for hydroxylation is 2. The number of hydrogen-bond donors (Lipinski definition) is 3. The summed E-state index contributed by atoms with van der Waals surface area (Å²) in [6, 6.07) is 9.38. The summed E-state index contributed by atoms with van der Waals surface area (Å²) in [5.41, 5.74) is 10.3. The molecule has 0 fully saturated rings. The summed E-state index contributed by atoms with van der Waals surface area (Å²) in [5.74, 6) is 0.168. The molecule has 0 radical (unpaired) electrons. The molecule has 0 saturated heterocycles. The van der Waals surface area contributed by atoms with Gasteiger partial charge in [-0.2, -0.15) is 5.26 Å². The van der Waals surface area contributed by atoms with Crippen molar-refractivity contribution in [2.75, 3.05) is 0 Å². The van der Waals surface area contributed by atoms with Crippen LogP contribution >= 0.6 is 0 Å². The van der Waals surface area contributed by atoms with Gasteiger partial charge in [0, 0.05) is 25.0 Å². The number of phenols is 1. The molecule has 26 heavy (non-hydrogen) atoms. The molecule has 1 aliphatic heterocycles. The van der Waals surface area contributed by atoms with Gasteiger partial charge >= 0.3 is 0 Å². The Balaban J connectivity index is 1.96. The van der Waals surface area contributed by atoms with Gasteiger partial charge in [-0.05, 0) is 30.2 Å². The van der Waals surface area contributed by atoms with Gasteiger partial charge in [0.05, 0.1) is 17.2 Å². The number of nitrogens with two attached hydrogens (primary N) is 1. The first-order valence-electron chi connectivity index (χ1n) is 8.07. The fourth-order valence-electron chi connectivity index (χ4n) is 3.31. The second-order valence-electron chi connectivity index (χ2n) is 6.35. The van der Waals surface area contributed by atoms with Gasteiger partial charge in [-0.15, -0.1) is 5.10 Å². The minimum atomic E-state index is -0.433. The molecule has 1 aliphatic rings. The largest absolute Gasteiger partial charge is 0.508 e. The Morgan fingerprint density at radius 3 is 2.85 bits per heavy atom. The van der Waals surface area contributed by atoms with Gasteiger partial charge in [-0.1, -0.05) is 12.1 Å². The van der Waals surface area contributed by atoms with Crippen molar-refractivity contribution in [2.45, 2.75) is 12.8 Å². The second-order valence-corrected chi connectivity index (χ2v) is 6.35. The number of phenolic OH excluding ortho intramolecular Hbond substituents is 1. The Morgan fingerprint density at radius 1 is 1.38 bits per heavy atom. The summed E-state index contributed by atoms with van der Waals surface area (Å²) >= 11 is 0. The van der Waals surface area contributed by atoms with Crippen molar-refractivity contribution < 1.29 is 9.84 Å². The molecule has 0 aliphatic carbocycles. The number of benzene rings is 1. The summed E-state index contributed by atoms with van der Waals surface area (Å²) in [4.78, 5) is 0. The van der Waals surface area contributed by atoms with Gasteiger partial charge in [0.15, 0.2) is 0 Å². The number of aromatic amines is 1. The maximum atomic E-state index is 9.86. The van der Waals surface area contributed by atoms with Gasteiger partial charge in [0.25, 0.3) is 0 Å². The van der Waals surface area contributed by atoms with Crippen LogP contribution in [-0.2, 0) is 7.05 Å². The third-order valence-electron chi connectivity index (χ3n) is 4.61. The maximum absolute atomic E-state index is 9.86. The fraction of sp³-hybridized carbons (Fsp3) is 0.158. The molecule has 2 aromatic heterocycles. The predicted molar refractivity (Wildman–Crippen MR) is 95.1 cm³/mol. The van der Waals surface area contributed by atoms with Crippen LogP contribution in [0.25, 0.3) is 11.3 Å². The number of aromatic hydroxyl groups is 1. The summed E-state index contributed by atoms with van der Waals surface area (Å²) in [7, 11) is 1.93. The molecule has 3 aromatic rings. The molecule has 130 valence electrons. The standard InChI is InChI=1S/C19H17N5O2/c1-10-7-11(3-4-14(10)25)15-13(8-20)18(21)26-19-16(15)17(22-23-19)12-5-6-24(2)9-12/h3-7,9,15,25H,21H2,1-2H3,(H,22,23). The summed E-state index contributed by atoms with van der Waals surface area (Å²) in [6.07, 6.45) is 3.89. The van der Waals surface area contributed by atoms with Crippen LogP contribution in [0.2, 0.25) is 0 Å². The Kier molecular flexibility index (Phi) is 3.48. The van der Waals surface area contributed by atoms with Crippen LogP contribution in [0.5, 0.6) is 11.6 Å². The minimum absolute atomic E-state index is 0.0434. The average Bonchev–Trinajstić information content (AvgIpc) is 3.22. The molecular formula is C19H17N5O2. The lowest BCUT2D eigenvalue weighted by Gasteiger charge is -2.24. The zero-order valence-electron chi connectivity index (χ0n) is 14.3. The van der Waals surface area contributed by atoms with Crippen LogP contribution in [0.1, 0.15) is 22.6 Å². The molecule has 1 unspecified atom stereocenters. The predicted octanol–water partition coefficient (Wildman–Crippen LogP) is 2.65. The molecule has 4 rings (SSSR count). The van der Waals surface area contributed by atoms with E-state index in [0.29, 0.717) is 11.5 Å². The van der Waals surface area contributed by atoms with E-state index >= 15 is 0 Å². The highest BCUT2D eigenvalue weighted by atomic mass is 16.5. The van der Waals surface area contributed by atoms with E-state index < -0.39 is 5.92 Å². The lowest BCUT2D eigenvalue weighted by molar-refractivity contribution is 0.379. The first-order chi connectivity index (χ1) is 12.5. The number of allylic oxidation sites excluding steroid dienone is 1. The van der Waals surface area contributed by atoms with Gasteiger partial charge in [0.2, 0.25) is 11.8 Å². The zero-order chi connectivity index (χ0) is 18.4. The van der Waals surface area contributed by atoms with Crippen molar-refractivity contribution in [1.82, 2.24) is 14.8 Å². The van der Waals surface area contributed by atoms with Crippen molar-refractivity contribution in [3.05, 3.63) is 64.8 Å². The van der Waals surface area contributed by atoms with Crippen LogP contribution in [0.4, 0.5) is 0 Å². The Hall–Kier alpha value is -3.66. The average molecular weight is 347 g/mol. The van der Waals surface area contributed by atoms with E-state index in [1.54, 1.807) is 12.1 Å². The number of fused-ring (bicyclic) bond motifs is 1. The van der Waals surface area contributed by atoms with Gasteiger partial charge in [-0.3, -0.25) is 5.10 Å². The third-order valence-corrected chi connectivity index (χ3v) is 4.61. The molecule has 7 nitrogen and oxygen atoms in total. The zero-order valence-corrected chi connectivity index (χ0v) is 14.3. The van der Waals surface area contributed by atoms with Crippen LogP contribution in [-0.4, -0.2) is 19.9 Å². The smallest absolute Gasteiger partial charge is 0.244 e. The van der Waals surface area contributed by atoms with E-state index in [4.69, 9.17) is 10.5 Å². The van der Waals surface area contributed by atoms with E-state index in [1.807, 2.05) is 43.1 Å². The molecule has 0 spiro atoms. The number of hydrogen-bond acceptors (Lipinski definition) is 5. The Morgan fingerprint density at radius 2 is 2.19 bits per heavy atom. The molecule has 1 atom stereocenters. The van der Waals surface area contributed by atoms with Gasteiger partial charge in [-0.25, -0.2) is 0 Å². The highest BCUT2D eigenvalue weighted by Gasteiger charge is 2.35. The monoisotopic (exact) mass is 347 g/mol. The number of nitriles is 1. The molecule has 4 N–H and O–H groups in total. The summed E-state index contributed by atoms with van der Waals surface area (Å²) < 4.78 is 7.52. The van der Waals surface area contributed by atoms with Crippen LogP contribution in [0, 0.1) is 18.3 Å². The Labute approximate surface area is 149 Å². The molecule has 0 bridgehead atoms. The van der Waals surface area contributed by atoms with Crippen molar-refractivity contribution in [3.8, 4) is 29.0 Å². The number of rotatable bonds is 2. The molecule has 1 aromatic carbocycles. The SMILES string of the molecule is Cc1cc(C2C(C#N)=C(N)Oc3n[nH]c(-c4ccn(C)c4)c32)ccc1O. The van der Waals surface area contributed by atoms with Crippen molar-refractivity contribution in [1.29, 1.82) is 5.26 Å². The first kappa shape index (κ1) is 15.8. The van der Waals surface area contributed by atoms with E-state index in [2.05, 4.69) is 16.3 Å². The van der Waals surface area contributed by atoms with Crippen molar-refractivity contribution in [2.24, 2.45) is 12.8 Å². The van der Waals surface area contributed by atoms with E-state index in [-0.39, 0.29) is 11.6 Å². The van der Waals surface area contributed by atoms with Crippen molar-refractivity contribution in [3.63, 3.8) is 0 Å². The normalized spacial score (nSPS) is 16.1. The molecule has 3 heterocycles. The number of aromatic nitrogens is 3. The van der Waals surface area contributed by atoms with E-state index in [1.165, 1.54) is 0 Å². The topological polar surface area (TPSA) is 113 Å². The first-order valence-corrected chi connectivity index (χ1v) is 8.07. The number of nitrogens with zero attached hydrogens (tertiary/aromatic N) is 3.